The van der Waals surface area contributed by atoms with Crippen LogP contribution in [0.25, 0.3) is 0 Å². The number of nitro groups is 1. The molecule has 1 N–H and O–H groups in total. The van der Waals surface area contributed by atoms with Gasteiger partial charge >= 0.3 is 5.69 Å². The number of nitro benzene ring substituents is 1. The Labute approximate surface area is 111 Å². The van der Waals surface area contributed by atoms with E-state index in [0.29, 0.717) is 6.07 Å². The van der Waals surface area contributed by atoms with Gasteiger partial charge in [-0.2, -0.15) is 4.39 Å². The molecule has 0 aliphatic carbocycles. The van der Waals surface area contributed by atoms with Crippen LogP contribution >= 0.6 is 11.3 Å². The summed E-state index contributed by atoms with van der Waals surface area (Å²) in [6.07, 6.45) is 0. The van der Waals surface area contributed by atoms with E-state index in [2.05, 4.69) is 5.32 Å². The lowest BCUT2D eigenvalue weighted by atomic mass is 10.2. The summed E-state index contributed by atoms with van der Waals surface area (Å²) >= 11 is 1.51. The molecular formula is C12H10F2N2O2S. The van der Waals surface area contributed by atoms with Crippen molar-refractivity contribution in [2.24, 2.45) is 0 Å². The number of hydrogen-bond donors (Lipinski definition) is 1. The fourth-order valence-corrected chi connectivity index (χ4v) is 2.48. The maximum Gasteiger partial charge on any atom is 0.327 e. The molecule has 0 radical (unpaired) electrons. The van der Waals surface area contributed by atoms with Gasteiger partial charge in [0.15, 0.2) is 0 Å². The van der Waals surface area contributed by atoms with E-state index < -0.39 is 22.2 Å². The smallest absolute Gasteiger partial charge is 0.327 e. The summed E-state index contributed by atoms with van der Waals surface area (Å²) in [6.45, 7) is 2.21. The van der Waals surface area contributed by atoms with Crippen molar-refractivity contribution in [1.82, 2.24) is 0 Å². The molecule has 4 nitrogen and oxygen atoms in total. The summed E-state index contributed by atoms with van der Waals surface area (Å²) < 4.78 is 26.5. The number of nitrogens with one attached hydrogen (secondary N) is 1. The first kappa shape index (κ1) is 13.4. The summed E-state index contributed by atoms with van der Waals surface area (Å²) in [4.78, 5) is 11.9. The van der Waals surface area contributed by atoms with Gasteiger partial charge in [0.1, 0.15) is 11.5 Å². The number of thiophene rings is 1. The number of nitrogens with zero attached hydrogens (tertiary/aromatic N) is 1. The van der Waals surface area contributed by atoms with Gasteiger partial charge < -0.3 is 5.32 Å². The van der Waals surface area contributed by atoms with Gasteiger partial charge in [-0.1, -0.05) is 0 Å². The van der Waals surface area contributed by atoms with Gasteiger partial charge in [0.05, 0.1) is 4.92 Å². The van der Waals surface area contributed by atoms with Crippen LogP contribution in [0, 0.1) is 28.7 Å². The van der Waals surface area contributed by atoms with E-state index in [1.165, 1.54) is 11.3 Å². The zero-order valence-corrected chi connectivity index (χ0v) is 10.8. The predicted molar refractivity (Wildman–Crippen MR) is 69.4 cm³/mol. The summed E-state index contributed by atoms with van der Waals surface area (Å²) in [5.74, 6) is -2.04. The molecule has 7 heteroatoms. The second kappa shape index (κ2) is 5.31. The molecule has 0 saturated heterocycles. The molecule has 0 aliphatic heterocycles. The monoisotopic (exact) mass is 284 g/mol. The van der Waals surface area contributed by atoms with Crippen LogP contribution in [0.5, 0.6) is 0 Å². The molecule has 0 saturated carbocycles. The second-order valence-corrected chi connectivity index (χ2v) is 5.28. The Morgan fingerprint density at radius 1 is 1.37 bits per heavy atom. The van der Waals surface area contributed by atoms with E-state index in [-0.39, 0.29) is 12.2 Å². The van der Waals surface area contributed by atoms with Crippen LogP contribution < -0.4 is 5.32 Å². The number of hydrogen-bond acceptors (Lipinski definition) is 4. The Morgan fingerprint density at radius 3 is 2.68 bits per heavy atom. The molecule has 100 valence electrons. The van der Waals surface area contributed by atoms with Gasteiger partial charge in [-0.05, 0) is 19.1 Å². The third kappa shape index (κ3) is 3.05. The first-order chi connectivity index (χ1) is 8.97. The van der Waals surface area contributed by atoms with Crippen LogP contribution in [-0.2, 0) is 6.54 Å². The Balaban J connectivity index is 2.26. The molecule has 1 aromatic carbocycles. The predicted octanol–water partition coefficient (Wildman–Crippen LogP) is 3.86. The summed E-state index contributed by atoms with van der Waals surface area (Å²) in [5.41, 5.74) is -0.900. The lowest BCUT2D eigenvalue weighted by Crippen LogP contribution is -2.04. The van der Waals surface area contributed by atoms with Crippen molar-refractivity contribution in [2.45, 2.75) is 13.5 Å². The van der Waals surface area contributed by atoms with Crippen molar-refractivity contribution in [3.63, 3.8) is 0 Å². The summed E-state index contributed by atoms with van der Waals surface area (Å²) in [6, 6.07) is 5.18. The highest BCUT2D eigenvalue weighted by Crippen LogP contribution is 2.29. The molecule has 2 rings (SSSR count). The molecule has 0 unspecified atom stereocenters. The maximum absolute atomic E-state index is 13.4. The van der Waals surface area contributed by atoms with E-state index in [9.17, 15) is 18.9 Å². The Kier molecular flexibility index (Phi) is 3.75. The van der Waals surface area contributed by atoms with Gasteiger partial charge in [-0.15, -0.1) is 11.3 Å². The quantitative estimate of drug-likeness (QED) is 0.685. The zero-order chi connectivity index (χ0) is 14.0. The zero-order valence-electron chi connectivity index (χ0n) is 9.94. The molecule has 1 heterocycles. The van der Waals surface area contributed by atoms with E-state index in [4.69, 9.17) is 0 Å². The minimum Gasteiger partial charge on any atom is -0.374 e. The molecular weight excluding hydrogens is 274 g/mol. The average molecular weight is 284 g/mol. The summed E-state index contributed by atoms with van der Waals surface area (Å²) in [7, 11) is 0. The lowest BCUT2D eigenvalue weighted by molar-refractivity contribution is -0.386. The Morgan fingerprint density at radius 2 is 2.11 bits per heavy atom. The second-order valence-electron chi connectivity index (χ2n) is 3.91. The molecule has 0 atom stereocenters. The summed E-state index contributed by atoms with van der Waals surface area (Å²) in [5, 5.41) is 13.5. The van der Waals surface area contributed by atoms with Crippen molar-refractivity contribution in [3.8, 4) is 0 Å². The van der Waals surface area contributed by atoms with Crippen LogP contribution in [-0.4, -0.2) is 4.92 Å². The molecule has 1 aromatic heterocycles. The number of rotatable bonds is 4. The van der Waals surface area contributed by atoms with E-state index in [1.807, 2.05) is 19.1 Å². The highest BCUT2D eigenvalue weighted by molar-refractivity contribution is 7.11. The number of halogens is 2. The van der Waals surface area contributed by atoms with Gasteiger partial charge in [0.25, 0.3) is 0 Å². The van der Waals surface area contributed by atoms with Crippen LogP contribution in [0.4, 0.5) is 20.2 Å². The third-order valence-electron chi connectivity index (χ3n) is 2.46. The topological polar surface area (TPSA) is 55.2 Å². The van der Waals surface area contributed by atoms with E-state index >= 15 is 0 Å². The van der Waals surface area contributed by atoms with Gasteiger partial charge in [-0.3, -0.25) is 10.1 Å². The first-order valence-corrected chi connectivity index (χ1v) is 6.21. The van der Waals surface area contributed by atoms with Crippen LogP contribution in [0.3, 0.4) is 0 Å². The fraction of sp³-hybridized carbons (Fsp3) is 0.167. The van der Waals surface area contributed by atoms with Gasteiger partial charge in [-0.25, -0.2) is 4.39 Å². The van der Waals surface area contributed by atoms with Crippen molar-refractivity contribution >= 4 is 22.7 Å². The van der Waals surface area contributed by atoms with E-state index in [0.717, 1.165) is 15.8 Å². The van der Waals surface area contributed by atoms with Crippen molar-refractivity contribution in [2.75, 3.05) is 5.32 Å². The van der Waals surface area contributed by atoms with Crippen molar-refractivity contribution in [1.29, 1.82) is 0 Å². The first-order valence-electron chi connectivity index (χ1n) is 5.40. The molecule has 0 fully saturated rings. The molecule has 2 aromatic rings. The SMILES string of the molecule is Cc1ccc(CNc2cc(F)cc(F)c2[N+](=O)[O-])s1. The van der Waals surface area contributed by atoms with Crippen molar-refractivity contribution in [3.05, 3.63) is 55.8 Å². The normalized spacial score (nSPS) is 10.5. The number of anilines is 1. The fourth-order valence-electron chi connectivity index (χ4n) is 1.65. The van der Waals surface area contributed by atoms with Crippen molar-refractivity contribution < 1.29 is 13.7 Å². The number of benzene rings is 1. The molecule has 0 amide bonds. The highest BCUT2D eigenvalue weighted by Gasteiger charge is 2.21. The Hall–Kier alpha value is -2.02. The van der Waals surface area contributed by atoms with Crippen LogP contribution in [0.15, 0.2) is 24.3 Å². The number of aryl methyl sites for hydroxylation is 1. The van der Waals surface area contributed by atoms with Gasteiger partial charge in [0.2, 0.25) is 5.82 Å². The highest BCUT2D eigenvalue weighted by atomic mass is 32.1. The minimum atomic E-state index is -1.19. The van der Waals surface area contributed by atoms with Crippen LogP contribution in [0.2, 0.25) is 0 Å². The largest absolute Gasteiger partial charge is 0.374 e. The maximum atomic E-state index is 13.4. The molecule has 0 aliphatic rings. The van der Waals surface area contributed by atoms with Gasteiger partial charge in [0, 0.05) is 28.4 Å². The molecule has 0 bridgehead atoms. The third-order valence-corrected chi connectivity index (χ3v) is 3.46. The molecule has 19 heavy (non-hydrogen) atoms. The minimum absolute atomic E-state index is 0.159. The van der Waals surface area contributed by atoms with E-state index in [1.54, 1.807) is 0 Å². The molecule has 0 spiro atoms. The standard InChI is InChI=1S/C12H10F2N2O2S/c1-7-2-3-9(19-7)6-15-11-5-8(13)4-10(14)12(11)16(17)18/h2-5,15H,6H2,1H3. The lowest BCUT2D eigenvalue weighted by Gasteiger charge is -2.06. The average Bonchev–Trinajstić information content (AvgIpc) is 2.71. The van der Waals surface area contributed by atoms with Crippen LogP contribution in [0.1, 0.15) is 9.75 Å². The Bertz CT molecular complexity index is 628.